The van der Waals surface area contributed by atoms with Crippen LogP contribution in [0.1, 0.15) is 24.8 Å². The summed E-state index contributed by atoms with van der Waals surface area (Å²) in [7, 11) is 0. The number of carboxylic acids is 1. The van der Waals surface area contributed by atoms with Crippen LogP contribution in [-0.4, -0.2) is 62.6 Å². The van der Waals surface area contributed by atoms with Crippen LogP contribution in [0.3, 0.4) is 0 Å². The number of amides is 1. The summed E-state index contributed by atoms with van der Waals surface area (Å²) < 4.78 is 0. The van der Waals surface area contributed by atoms with Crippen molar-refractivity contribution < 1.29 is 19.6 Å². The van der Waals surface area contributed by atoms with Gasteiger partial charge in [-0.25, -0.2) is 0 Å². The Hall–Kier alpha value is -2.86. The highest BCUT2D eigenvalue weighted by Gasteiger charge is 2.32. The third-order valence-corrected chi connectivity index (χ3v) is 7.33. The molecule has 1 amide bonds. The first-order chi connectivity index (χ1) is 16.1. The molecule has 4 rings (SSSR count). The molecular weight excluding hydrogens is 414 g/mol. The van der Waals surface area contributed by atoms with E-state index >= 15 is 0 Å². The zero-order valence-corrected chi connectivity index (χ0v) is 19.3. The molecule has 1 N–H and O–H groups in total. The maximum atomic E-state index is 12.9. The standard InChI is InChI=1S/C27H35N3O3/c31-26(19-22-7-3-1-4-8-22)30-14-12-23(20-27(32)33)24(21-30)11-13-28-15-17-29(18-16-28)25-9-5-2-6-10-25/h1-10,23-24H,11-21H2,(H,32,33)/t23-,24-/m0/s1. The lowest BCUT2D eigenvalue weighted by Crippen LogP contribution is -3.15. The normalized spacial score (nSPS) is 21.7. The number of hydrogen-bond donors (Lipinski definition) is 1. The van der Waals surface area contributed by atoms with Crippen LogP contribution in [0.2, 0.25) is 0 Å². The Morgan fingerprint density at radius 1 is 0.909 bits per heavy atom. The number of nitrogens with zero attached hydrogens (tertiary/aromatic N) is 2. The van der Waals surface area contributed by atoms with Crippen molar-refractivity contribution in [1.82, 2.24) is 4.90 Å². The highest BCUT2D eigenvalue weighted by molar-refractivity contribution is 5.79. The number of quaternary nitrogens is 1. The van der Waals surface area contributed by atoms with E-state index in [0.717, 1.165) is 51.1 Å². The van der Waals surface area contributed by atoms with Gasteiger partial charge in [-0.2, -0.15) is 0 Å². The highest BCUT2D eigenvalue weighted by Crippen LogP contribution is 2.29. The summed E-state index contributed by atoms with van der Waals surface area (Å²) >= 11 is 0. The van der Waals surface area contributed by atoms with Crippen molar-refractivity contribution in [3.8, 4) is 0 Å². The first kappa shape index (κ1) is 23.3. The van der Waals surface area contributed by atoms with Crippen molar-refractivity contribution in [3.63, 3.8) is 0 Å². The fourth-order valence-corrected chi connectivity index (χ4v) is 5.36. The minimum atomic E-state index is -0.974. The van der Waals surface area contributed by atoms with Crippen LogP contribution in [0.25, 0.3) is 0 Å². The van der Waals surface area contributed by atoms with Crippen LogP contribution < -0.4 is 14.9 Å². The summed E-state index contributed by atoms with van der Waals surface area (Å²) in [6.07, 6.45) is 2.21. The predicted molar refractivity (Wildman–Crippen MR) is 127 cm³/mol. The third-order valence-electron chi connectivity index (χ3n) is 7.33. The van der Waals surface area contributed by atoms with Gasteiger partial charge in [-0.05, 0) is 42.4 Å². The van der Waals surface area contributed by atoms with Gasteiger partial charge >= 0.3 is 0 Å². The smallest absolute Gasteiger partial charge is 0.226 e. The van der Waals surface area contributed by atoms with E-state index in [1.807, 2.05) is 41.3 Å². The van der Waals surface area contributed by atoms with E-state index in [9.17, 15) is 14.7 Å². The van der Waals surface area contributed by atoms with Crippen LogP contribution >= 0.6 is 0 Å². The molecule has 2 saturated heterocycles. The van der Waals surface area contributed by atoms with Gasteiger partial charge in [-0.15, -0.1) is 0 Å². The van der Waals surface area contributed by atoms with E-state index < -0.39 is 5.97 Å². The average molecular weight is 450 g/mol. The lowest BCUT2D eigenvalue weighted by Gasteiger charge is -2.40. The molecular formula is C27H35N3O3. The first-order valence-electron chi connectivity index (χ1n) is 12.2. The molecule has 2 heterocycles. The number of piperazine rings is 1. The summed E-state index contributed by atoms with van der Waals surface area (Å²) in [6.45, 7) is 6.57. The van der Waals surface area contributed by atoms with E-state index in [4.69, 9.17) is 0 Å². The lowest BCUT2D eigenvalue weighted by atomic mass is 9.81. The number of hydrogen-bond acceptors (Lipinski definition) is 4. The largest absolute Gasteiger partial charge is 0.550 e. The molecule has 0 unspecified atom stereocenters. The number of rotatable bonds is 8. The van der Waals surface area contributed by atoms with E-state index in [-0.39, 0.29) is 24.2 Å². The van der Waals surface area contributed by atoms with Crippen molar-refractivity contribution in [2.45, 2.75) is 25.7 Å². The molecule has 2 aliphatic heterocycles. The highest BCUT2D eigenvalue weighted by atomic mass is 16.4. The molecule has 33 heavy (non-hydrogen) atoms. The summed E-state index contributed by atoms with van der Waals surface area (Å²) in [5, 5.41) is 11.3. The van der Waals surface area contributed by atoms with Crippen LogP contribution in [0.15, 0.2) is 60.7 Å². The van der Waals surface area contributed by atoms with Gasteiger partial charge in [-0.1, -0.05) is 48.5 Å². The average Bonchev–Trinajstić information content (AvgIpc) is 2.84. The quantitative estimate of drug-likeness (QED) is 0.642. The zero-order chi connectivity index (χ0) is 23.0. The molecule has 0 spiro atoms. The van der Waals surface area contributed by atoms with Gasteiger partial charge in [0, 0.05) is 31.2 Å². The number of para-hydroxylation sites is 1. The van der Waals surface area contributed by atoms with Gasteiger partial charge in [0.15, 0.2) is 0 Å². The topological polar surface area (TPSA) is 68.1 Å². The van der Waals surface area contributed by atoms with E-state index in [1.165, 1.54) is 5.69 Å². The van der Waals surface area contributed by atoms with E-state index in [2.05, 4.69) is 29.2 Å². The molecule has 2 aromatic carbocycles. The molecule has 2 atom stereocenters. The predicted octanol–water partition coefficient (Wildman–Crippen LogP) is 0.629. The fourth-order valence-electron chi connectivity index (χ4n) is 5.36. The van der Waals surface area contributed by atoms with Gasteiger partial charge in [-0.3, -0.25) is 4.79 Å². The molecule has 2 aliphatic rings. The number of carbonyl (C=O) groups is 2. The second-order valence-corrected chi connectivity index (χ2v) is 9.50. The van der Waals surface area contributed by atoms with E-state index in [0.29, 0.717) is 19.5 Å². The Balaban J connectivity index is 1.30. The second kappa shape index (κ2) is 11.3. The summed E-state index contributed by atoms with van der Waals surface area (Å²) in [5.41, 5.74) is 2.31. The summed E-state index contributed by atoms with van der Waals surface area (Å²) in [5.74, 6) is -0.517. The minimum Gasteiger partial charge on any atom is -0.550 e. The van der Waals surface area contributed by atoms with Crippen LogP contribution in [0, 0.1) is 11.8 Å². The molecule has 0 saturated carbocycles. The van der Waals surface area contributed by atoms with Crippen molar-refractivity contribution >= 4 is 17.6 Å². The molecule has 176 valence electrons. The molecule has 0 radical (unpaired) electrons. The van der Waals surface area contributed by atoms with Gasteiger partial charge in [0.05, 0.1) is 39.1 Å². The first-order valence-corrected chi connectivity index (χ1v) is 12.2. The van der Waals surface area contributed by atoms with Gasteiger partial charge in [0.1, 0.15) is 0 Å². The van der Waals surface area contributed by atoms with Gasteiger partial charge in [0.2, 0.25) is 5.91 Å². The van der Waals surface area contributed by atoms with Crippen molar-refractivity contribution in [2.24, 2.45) is 11.8 Å². The van der Waals surface area contributed by atoms with Crippen LogP contribution in [0.4, 0.5) is 5.69 Å². The molecule has 2 fully saturated rings. The number of carbonyl (C=O) groups excluding carboxylic acids is 2. The maximum absolute atomic E-state index is 12.9. The number of anilines is 1. The molecule has 0 bridgehead atoms. The number of nitrogens with one attached hydrogen (secondary N) is 1. The minimum absolute atomic E-state index is 0.0979. The Morgan fingerprint density at radius 2 is 1.58 bits per heavy atom. The number of aliphatic carboxylic acids is 1. The molecule has 0 aliphatic carbocycles. The fraction of sp³-hybridized carbons (Fsp3) is 0.481. The lowest BCUT2D eigenvalue weighted by molar-refractivity contribution is -0.901. The maximum Gasteiger partial charge on any atom is 0.226 e. The Morgan fingerprint density at radius 3 is 2.24 bits per heavy atom. The van der Waals surface area contributed by atoms with Crippen LogP contribution in [-0.2, 0) is 16.0 Å². The number of piperidine rings is 1. The summed E-state index contributed by atoms with van der Waals surface area (Å²) in [6, 6.07) is 20.4. The van der Waals surface area contributed by atoms with Crippen LogP contribution in [0.5, 0.6) is 0 Å². The third kappa shape index (κ3) is 6.57. The molecule has 6 heteroatoms. The molecule has 6 nitrogen and oxygen atoms in total. The SMILES string of the molecule is O=C([O-])C[C@@H]1CCN(C(=O)Cc2ccccc2)C[C@@H]1CC[NH+]1CCN(c2ccccc2)CC1. The monoisotopic (exact) mass is 449 g/mol. The van der Waals surface area contributed by atoms with Gasteiger partial charge < -0.3 is 24.6 Å². The van der Waals surface area contributed by atoms with Crippen molar-refractivity contribution in [1.29, 1.82) is 0 Å². The van der Waals surface area contributed by atoms with Crippen molar-refractivity contribution in [3.05, 3.63) is 66.2 Å². The molecule has 2 aromatic rings. The van der Waals surface area contributed by atoms with E-state index in [1.54, 1.807) is 4.90 Å². The number of carboxylic acid groups (broad SMARTS) is 1. The number of likely N-dealkylation sites (tertiary alicyclic amines) is 1. The Labute approximate surface area is 196 Å². The number of benzene rings is 2. The summed E-state index contributed by atoms with van der Waals surface area (Å²) in [4.78, 5) is 30.2. The Bertz CT molecular complexity index is 897. The van der Waals surface area contributed by atoms with Gasteiger partial charge in [0.25, 0.3) is 0 Å². The van der Waals surface area contributed by atoms with Crippen molar-refractivity contribution in [2.75, 3.05) is 50.7 Å². The zero-order valence-electron chi connectivity index (χ0n) is 19.3. The second-order valence-electron chi connectivity index (χ2n) is 9.50. The molecule has 0 aromatic heterocycles. The Kier molecular flexibility index (Phi) is 8.00.